The molecule has 1 aromatic heterocycles. The molecule has 4 rings (SSSR count). The van der Waals surface area contributed by atoms with E-state index in [1.165, 1.54) is 6.92 Å². The number of halogens is 1. The van der Waals surface area contributed by atoms with E-state index in [1.54, 1.807) is 42.0 Å². The number of benzene rings is 2. The van der Waals surface area contributed by atoms with Crippen LogP contribution in [-0.4, -0.2) is 65.0 Å². The normalized spacial score (nSPS) is 15.4. The molecule has 1 unspecified atom stereocenters. The third kappa shape index (κ3) is 4.35. The molecular formula is C24H26ClN3O5. The molecular weight excluding hydrogens is 446 g/mol. The second-order valence-electron chi connectivity index (χ2n) is 7.92. The molecule has 8 nitrogen and oxygen atoms in total. The molecule has 2 heterocycles. The summed E-state index contributed by atoms with van der Waals surface area (Å²) in [6.45, 7) is 5.13. The van der Waals surface area contributed by atoms with Gasteiger partial charge >= 0.3 is 0 Å². The average molecular weight is 472 g/mol. The Morgan fingerprint density at radius 3 is 2.42 bits per heavy atom. The molecule has 1 fully saturated rings. The fourth-order valence-corrected chi connectivity index (χ4v) is 4.44. The van der Waals surface area contributed by atoms with E-state index in [4.69, 9.17) is 21.1 Å². The zero-order valence-corrected chi connectivity index (χ0v) is 19.5. The maximum Gasteiger partial charge on any atom is 0.262 e. The number of morpholine rings is 1. The van der Waals surface area contributed by atoms with E-state index >= 15 is 0 Å². The lowest BCUT2D eigenvalue weighted by molar-refractivity contribution is -0.197. The first-order chi connectivity index (χ1) is 15.8. The minimum Gasteiger partial charge on any atom is -0.497 e. The highest BCUT2D eigenvalue weighted by molar-refractivity contribution is 6.30. The van der Waals surface area contributed by atoms with Crippen LogP contribution in [0.4, 0.5) is 0 Å². The molecule has 1 saturated heterocycles. The molecule has 1 aliphatic heterocycles. The van der Waals surface area contributed by atoms with Gasteiger partial charge in [-0.05, 0) is 49.4 Å². The van der Waals surface area contributed by atoms with E-state index in [0.29, 0.717) is 64.8 Å². The maximum absolute atomic E-state index is 13.6. The van der Waals surface area contributed by atoms with Crippen molar-refractivity contribution in [3.63, 3.8) is 0 Å². The van der Waals surface area contributed by atoms with Crippen LogP contribution in [-0.2, 0) is 9.53 Å². The number of hydroxylamine groups is 2. The Labute approximate surface area is 196 Å². The highest BCUT2D eigenvalue weighted by atomic mass is 35.5. The molecule has 0 aliphatic carbocycles. The van der Waals surface area contributed by atoms with Crippen molar-refractivity contribution in [1.29, 1.82) is 0 Å². The molecule has 174 valence electrons. The van der Waals surface area contributed by atoms with Crippen molar-refractivity contribution in [3.05, 3.63) is 64.3 Å². The van der Waals surface area contributed by atoms with E-state index in [-0.39, 0.29) is 5.91 Å². The summed E-state index contributed by atoms with van der Waals surface area (Å²) >= 11 is 6.01. The van der Waals surface area contributed by atoms with E-state index < -0.39 is 12.1 Å². The number of rotatable bonds is 5. The third-order valence-electron chi connectivity index (χ3n) is 5.96. The number of carbonyl (C=O) groups is 2. The number of hydrogen-bond donors (Lipinski definition) is 1. The summed E-state index contributed by atoms with van der Waals surface area (Å²) < 4.78 is 12.5. The number of methoxy groups -OCH3 is 1. The fraction of sp³-hybridized carbons (Fsp3) is 0.333. The second kappa shape index (κ2) is 9.52. The van der Waals surface area contributed by atoms with Gasteiger partial charge in [-0.1, -0.05) is 11.6 Å². The van der Waals surface area contributed by atoms with Crippen molar-refractivity contribution in [2.75, 3.05) is 33.4 Å². The number of amides is 1. The Balaban J connectivity index is 1.96. The van der Waals surface area contributed by atoms with Gasteiger partial charge < -0.3 is 9.47 Å². The van der Waals surface area contributed by atoms with Crippen molar-refractivity contribution in [3.8, 4) is 5.75 Å². The van der Waals surface area contributed by atoms with Crippen LogP contribution in [0.5, 0.6) is 5.75 Å². The van der Waals surface area contributed by atoms with Gasteiger partial charge in [-0.25, -0.2) is 5.06 Å². The highest BCUT2D eigenvalue weighted by Crippen LogP contribution is 2.38. The largest absolute Gasteiger partial charge is 0.497 e. The zero-order valence-electron chi connectivity index (χ0n) is 18.7. The molecule has 0 bridgehead atoms. The van der Waals surface area contributed by atoms with Crippen LogP contribution in [0.15, 0.2) is 42.5 Å². The van der Waals surface area contributed by atoms with Gasteiger partial charge in [0.05, 0.1) is 25.8 Å². The second-order valence-corrected chi connectivity index (χ2v) is 8.35. The van der Waals surface area contributed by atoms with Crippen molar-refractivity contribution in [2.45, 2.75) is 20.0 Å². The van der Waals surface area contributed by atoms with Crippen molar-refractivity contribution >= 4 is 34.3 Å². The molecule has 1 aliphatic rings. The van der Waals surface area contributed by atoms with Gasteiger partial charge in [-0.2, -0.15) is 0 Å². The molecule has 33 heavy (non-hydrogen) atoms. The molecule has 2 aromatic carbocycles. The summed E-state index contributed by atoms with van der Waals surface area (Å²) in [5.41, 5.74) is 2.40. The van der Waals surface area contributed by atoms with Gasteiger partial charge in [0.25, 0.3) is 5.91 Å². The lowest BCUT2D eigenvalue weighted by Gasteiger charge is -2.38. The van der Waals surface area contributed by atoms with Gasteiger partial charge in [0.1, 0.15) is 11.9 Å². The van der Waals surface area contributed by atoms with Crippen LogP contribution in [0.25, 0.3) is 10.9 Å². The number of fused-ring (bicyclic) bond motifs is 1. The molecule has 1 atom stereocenters. The monoisotopic (exact) mass is 471 g/mol. The summed E-state index contributed by atoms with van der Waals surface area (Å²) in [7, 11) is 1.57. The number of ether oxygens (including phenoxy) is 2. The standard InChI is InChI=1S/C24H26ClN3O5/c1-15-22(23(28(31)16(2)29)26-10-12-33-13-11-26)20-14-19(32-3)8-9-21(20)27(15)24(30)17-4-6-18(25)7-5-17/h4-9,14,23,31H,10-13H2,1-3H3. The molecule has 0 spiro atoms. The Morgan fingerprint density at radius 1 is 1.15 bits per heavy atom. The summed E-state index contributed by atoms with van der Waals surface area (Å²) in [4.78, 5) is 27.8. The summed E-state index contributed by atoms with van der Waals surface area (Å²) in [5.74, 6) is -0.134. The van der Waals surface area contributed by atoms with Crippen LogP contribution in [0.2, 0.25) is 5.02 Å². The van der Waals surface area contributed by atoms with Crippen LogP contribution in [0.1, 0.15) is 34.7 Å². The summed E-state index contributed by atoms with van der Waals surface area (Å²) in [6, 6.07) is 12.1. The van der Waals surface area contributed by atoms with Gasteiger partial charge in [0.2, 0.25) is 5.91 Å². The molecule has 0 saturated carbocycles. The van der Waals surface area contributed by atoms with E-state index in [2.05, 4.69) is 0 Å². The van der Waals surface area contributed by atoms with Crippen molar-refractivity contribution in [1.82, 2.24) is 14.5 Å². The minimum atomic E-state index is -0.791. The first-order valence-electron chi connectivity index (χ1n) is 10.6. The Hall–Kier alpha value is -2.91. The number of nitrogens with zero attached hydrogens (tertiary/aromatic N) is 3. The van der Waals surface area contributed by atoms with Crippen molar-refractivity contribution < 1.29 is 24.3 Å². The zero-order chi connectivity index (χ0) is 23.7. The lowest BCUT2D eigenvalue weighted by atomic mass is 10.1. The lowest BCUT2D eigenvalue weighted by Crippen LogP contribution is -2.47. The quantitative estimate of drug-likeness (QED) is 0.449. The van der Waals surface area contributed by atoms with Gasteiger partial charge in [-0.15, -0.1) is 0 Å². The Morgan fingerprint density at radius 2 is 1.82 bits per heavy atom. The van der Waals surface area contributed by atoms with Gasteiger partial charge in [-0.3, -0.25) is 24.3 Å². The minimum absolute atomic E-state index is 0.237. The van der Waals surface area contributed by atoms with Crippen LogP contribution in [0.3, 0.4) is 0 Å². The molecule has 1 amide bonds. The molecule has 9 heteroatoms. The first kappa shape index (κ1) is 23.3. The van der Waals surface area contributed by atoms with Crippen LogP contribution < -0.4 is 4.74 Å². The summed E-state index contributed by atoms with van der Waals surface area (Å²) in [5, 5.41) is 12.8. The van der Waals surface area contributed by atoms with E-state index in [1.807, 2.05) is 24.0 Å². The predicted octanol–water partition coefficient (Wildman–Crippen LogP) is 3.87. The predicted molar refractivity (Wildman–Crippen MR) is 124 cm³/mol. The number of aromatic nitrogens is 1. The SMILES string of the molecule is COc1ccc2c(c1)c(C(N1CCOCC1)N(O)C(C)=O)c(C)n2C(=O)c1ccc(Cl)cc1. The van der Waals surface area contributed by atoms with Gasteiger partial charge in [0, 0.05) is 47.2 Å². The average Bonchev–Trinajstić information content (AvgIpc) is 3.10. The van der Waals surface area contributed by atoms with Gasteiger partial charge in [0.15, 0.2) is 0 Å². The fourth-order valence-electron chi connectivity index (χ4n) is 4.31. The third-order valence-corrected chi connectivity index (χ3v) is 6.21. The molecule has 1 N–H and O–H groups in total. The summed E-state index contributed by atoms with van der Waals surface area (Å²) in [6.07, 6.45) is -0.791. The van der Waals surface area contributed by atoms with E-state index in [0.717, 1.165) is 5.06 Å². The van der Waals surface area contributed by atoms with Crippen molar-refractivity contribution in [2.24, 2.45) is 0 Å². The Bertz CT molecular complexity index is 1190. The highest BCUT2D eigenvalue weighted by Gasteiger charge is 2.35. The van der Waals surface area contributed by atoms with Crippen LogP contribution in [0, 0.1) is 6.92 Å². The number of hydrogen-bond acceptors (Lipinski definition) is 6. The topological polar surface area (TPSA) is 84.2 Å². The molecule has 0 radical (unpaired) electrons. The van der Waals surface area contributed by atoms with Crippen LogP contribution >= 0.6 is 11.6 Å². The first-order valence-corrected chi connectivity index (χ1v) is 11.0. The smallest absolute Gasteiger partial charge is 0.262 e. The maximum atomic E-state index is 13.6. The van der Waals surface area contributed by atoms with E-state index in [9.17, 15) is 14.8 Å². The number of carbonyl (C=O) groups excluding carboxylic acids is 2. The molecule has 3 aromatic rings. The Kier molecular flexibility index (Phi) is 6.71.